The minimum absolute atomic E-state index is 0.156. The third-order valence-corrected chi connectivity index (χ3v) is 7.83. The lowest BCUT2D eigenvalue weighted by atomic mass is 9.68. The van der Waals surface area contributed by atoms with Crippen molar-refractivity contribution in [2.24, 2.45) is 11.8 Å². The van der Waals surface area contributed by atoms with Crippen LogP contribution in [0, 0.1) is 11.8 Å². The molecule has 0 unspecified atom stereocenters. The van der Waals surface area contributed by atoms with Crippen LogP contribution in [0.5, 0.6) is 0 Å². The Kier molecular flexibility index (Phi) is 5.39. The fraction of sp³-hybridized carbons (Fsp3) is 0.565. The number of thiocarbonyl (C=S) groups is 1. The summed E-state index contributed by atoms with van der Waals surface area (Å²) < 4.78 is 0. The van der Waals surface area contributed by atoms with Gasteiger partial charge in [0.15, 0.2) is 5.11 Å². The molecule has 3 fully saturated rings. The number of carbonyl (C=O) groups excluding carboxylic acids is 1. The molecule has 29 heavy (non-hydrogen) atoms. The van der Waals surface area contributed by atoms with E-state index in [4.69, 9.17) is 23.8 Å². The number of benzene rings is 1. The molecule has 1 amide bonds. The average molecular weight is 430 g/mol. The molecule has 1 aromatic rings. The van der Waals surface area contributed by atoms with Crippen LogP contribution >= 0.6 is 23.8 Å². The summed E-state index contributed by atoms with van der Waals surface area (Å²) in [4.78, 5) is 17.7. The van der Waals surface area contributed by atoms with Gasteiger partial charge in [-0.2, -0.15) is 0 Å². The number of likely N-dealkylation sites (tertiary alicyclic amines) is 1. The summed E-state index contributed by atoms with van der Waals surface area (Å²) in [5.41, 5.74) is 2.15. The van der Waals surface area contributed by atoms with E-state index in [0.29, 0.717) is 33.6 Å². The van der Waals surface area contributed by atoms with Crippen molar-refractivity contribution >= 4 is 34.8 Å². The number of carbonyl (C=O) groups is 1. The summed E-state index contributed by atoms with van der Waals surface area (Å²) >= 11 is 11.7. The van der Waals surface area contributed by atoms with Gasteiger partial charge in [0.1, 0.15) is 0 Å². The Morgan fingerprint density at radius 3 is 2.79 bits per heavy atom. The molecule has 3 aliphatic heterocycles. The second-order valence-electron chi connectivity index (χ2n) is 8.97. The zero-order chi connectivity index (χ0) is 20.0. The maximum atomic E-state index is 12.7. The van der Waals surface area contributed by atoms with E-state index in [1.165, 1.54) is 45.2 Å². The minimum Gasteiger partial charge on any atom is -0.342 e. The summed E-state index contributed by atoms with van der Waals surface area (Å²) in [7, 11) is 0. The number of hydrogen-bond donors (Lipinski definition) is 1. The third-order valence-electron chi connectivity index (χ3n) is 7.24. The number of nitrogens with zero attached hydrogens (tertiary/aromatic N) is 2. The van der Waals surface area contributed by atoms with Gasteiger partial charge in [0.2, 0.25) is 0 Å². The molecule has 1 aromatic carbocycles. The van der Waals surface area contributed by atoms with Gasteiger partial charge < -0.3 is 4.90 Å². The zero-order valence-electron chi connectivity index (χ0n) is 16.6. The molecular formula is C23H28ClN3OS. The van der Waals surface area contributed by atoms with Gasteiger partial charge in [0.25, 0.3) is 5.91 Å². The van der Waals surface area contributed by atoms with Gasteiger partial charge in [0, 0.05) is 29.7 Å². The molecule has 2 bridgehead atoms. The third kappa shape index (κ3) is 3.73. The average Bonchev–Trinajstić information content (AvgIpc) is 2.74. The van der Waals surface area contributed by atoms with Gasteiger partial charge in [-0.15, -0.1) is 0 Å². The molecule has 4 aliphatic rings. The summed E-state index contributed by atoms with van der Waals surface area (Å²) in [5.74, 6) is 1.16. The molecule has 154 valence electrons. The lowest BCUT2D eigenvalue weighted by molar-refractivity contribution is 0.0127. The standard InChI is InChI=1S/C23H28ClN3OS/c24-19-8-6-15(7-9-19)22(28)25-23(29)27-11-3-4-16-12-17-13-18(21(16)27)14-26-10-2-1-5-20(17)26/h6-9,12,17-18,20-21H,1-5,10-11,13-14H2,(H,25,28,29)/t17-,18+,20+,21-/m0/s1. The van der Waals surface area contributed by atoms with Crippen molar-refractivity contribution in [1.29, 1.82) is 0 Å². The van der Waals surface area contributed by atoms with Gasteiger partial charge in [-0.05, 0) is 87.0 Å². The molecule has 0 spiro atoms. The van der Waals surface area contributed by atoms with Gasteiger partial charge in [0.05, 0.1) is 6.04 Å². The van der Waals surface area contributed by atoms with E-state index in [1.54, 1.807) is 29.8 Å². The van der Waals surface area contributed by atoms with Crippen LogP contribution < -0.4 is 5.32 Å². The SMILES string of the molecule is O=C(NC(=S)N1CCCC2=C[C@H]3C[C@H](CN4CCCC[C@H]34)[C@H]21)c1ccc(Cl)cc1. The van der Waals surface area contributed by atoms with E-state index >= 15 is 0 Å². The van der Waals surface area contributed by atoms with Crippen LogP contribution in [0.2, 0.25) is 5.02 Å². The zero-order valence-corrected chi connectivity index (χ0v) is 18.2. The van der Waals surface area contributed by atoms with Crippen LogP contribution in [0.1, 0.15) is 48.9 Å². The maximum absolute atomic E-state index is 12.7. The van der Waals surface area contributed by atoms with E-state index in [1.807, 2.05) is 0 Å². The van der Waals surface area contributed by atoms with E-state index in [9.17, 15) is 4.79 Å². The Labute approximate surface area is 183 Å². The van der Waals surface area contributed by atoms with E-state index < -0.39 is 0 Å². The molecule has 1 aliphatic carbocycles. The van der Waals surface area contributed by atoms with Gasteiger partial charge in [-0.25, -0.2) is 0 Å². The quantitative estimate of drug-likeness (QED) is 0.534. The van der Waals surface area contributed by atoms with Crippen molar-refractivity contribution in [2.75, 3.05) is 19.6 Å². The lowest BCUT2D eigenvalue weighted by Crippen LogP contribution is -2.61. The van der Waals surface area contributed by atoms with Gasteiger partial charge in [-0.3, -0.25) is 15.0 Å². The van der Waals surface area contributed by atoms with Crippen molar-refractivity contribution in [3.8, 4) is 0 Å². The number of fused-ring (bicyclic) bond motifs is 6. The highest BCUT2D eigenvalue weighted by Gasteiger charge is 2.46. The topological polar surface area (TPSA) is 35.6 Å². The second kappa shape index (κ2) is 8.01. The first-order chi connectivity index (χ1) is 14.1. The van der Waals surface area contributed by atoms with Crippen molar-refractivity contribution in [3.05, 3.63) is 46.5 Å². The molecule has 0 aromatic heterocycles. The predicted octanol–water partition coefficient (Wildman–Crippen LogP) is 4.25. The predicted molar refractivity (Wildman–Crippen MR) is 120 cm³/mol. The summed E-state index contributed by atoms with van der Waals surface area (Å²) in [6.07, 6.45) is 10.2. The minimum atomic E-state index is -0.156. The molecule has 4 atom stereocenters. The Balaban J connectivity index is 1.34. The molecule has 0 saturated carbocycles. The largest absolute Gasteiger partial charge is 0.342 e. The smallest absolute Gasteiger partial charge is 0.257 e. The van der Waals surface area contributed by atoms with Crippen LogP contribution in [0.15, 0.2) is 35.9 Å². The second-order valence-corrected chi connectivity index (χ2v) is 9.79. The molecule has 5 rings (SSSR count). The van der Waals surface area contributed by atoms with Crippen LogP contribution in [-0.2, 0) is 0 Å². The molecule has 6 heteroatoms. The highest BCUT2D eigenvalue weighted by molar-refractivity contribution is 7.80. The highest BCUT2D eigenvalue weighted by Crippen LogP contribution is 2.45. The Hall–Kier alpha value is -1.43. The number of hydrogen-bond acceptors (Lipinski definition) is 3. The maximum Gasteiger partial charge on any atom is 0.257 e. The van der Waals surface area contributed by atoms with Crippen LogP contribution in [0.25, 0.3) is 0 Å². The fourth-order valence-corrected chi connectivity index (χ4v) is 6.47. The Morgan fingerprint density at radius 2 is 1.97 bits per heavy atom. The van der Waals surface area contributed by atoms with E-state index in [2.05, 4.69) is 21.2 Å². The molecule has 3 heterocycles. The number of halogens is 1. The molecule has 4 nitrogen and oxygen atoms in total. The van der Waals surface area contributed by atoms with Crippen LogP contribution in [-0.4, -0.2) is 52.5 Å². The summed E-state index contributed by atoms with van der Waals surface area (Å²) in [6, 6.07) is 8.05. The Bertz CT molecular complexity index is 839. The normalized spacial score (nSPS) is 31.3. The monoisotopic (exact) mass is 429 g/mol. The molecule has 0 radical (unpaired) electrons. The summed E-state index contributed by atoms with van der Waals surface area (Å²) in [5, 5.41) is 4.18. The van der Waals surface area contributed by atoms with Gasteiger partial charge in [-0.1, -0.05) is 29.7 Å². The fourth-order valence-electron chi connectivity index (χ4n) is 6.04. The first-order valence-electron chi connectivity index (χ1n) is 10.9. The molecule has 3 saturated heterocycles. The van der Waals surface area contributed by atoms with Crippen molar-refractivity contribution < 1.29 is 4.79 Å². The number of rotatable bonds is 1. The molecular weight excluding hydrogens is 402 g/mol. The number of nitrogens with one attached hydrogen (secondary N) is 1. The number of piperidine rings is 3. The Morgan fingerprint density at radius 1 is 1.14 bits per heavy atom. The van der Waals surface area contributed by atoms with Crippen LogP contribution in [0.3, 0.4) is 0 Å². The van der Waals surface area contributed by atoms with E-state index in [-0.39, 0.29) is 5.91 Å². The van der Waals surface area contributed by atoms with Crippen molar-refractivity contribution in [3.63, 3.8) is 0 Å². The van der Waals surface area contributed by atoms with E-state index in [0.717, 1.165) is 19.0 Å². The summed E-state index contributed by atoms with van der Waals surface area (Å²) in [6.45, 7) is 3.34. The van der Waals surface area contributed by atoms with Crippen molar-refractivity contribution in [1.82, 2.24) is 15.1 Å². The molecule has 1 N–H and O–H groups in total. The van der Waals surface area contributed by atoms with Crippen molar-refractivity contribution in [2.45, 2.75) is 50.6 Å². The first-order valence-corrected chi connectivity index (χ1v) is 11.7. The van der Waals surface area contributed by atoms with Crippen LogP contribution in [0.4, 0.5) is 0 Å². The number of amides is 1. The highest BCUT2D eigenvalue weighted by atomic mass is 35.5. The first kappa shape index (κ1) is 19.5. The lowest BCUT2D eigenvalue weighted by Gasteiger charge is -2.55. The van der Waals surface area contributed by atoms with Gasteiger partial charge >= 0.3 is 0 Å².